The largest absolute Gasteiger partial charge is 0.496 e. The third-order valence-corrected chi connectivity index (χ3v) is 3.98. The van der Waals surface area contributed by atoms with E-state index in [0.717, 1.165) is 5.56 Å². The van der Waals surface area contributed by atoms with Crippen LogP contribution in [0.5, 0.6) is 5.75 Å². The Morgan fingerprint density at radius 3 is 2.83 bits per heavy atom. The maximum atomic E-state index is 13.0. The number of nitrogens with zero attached hydrogens (tertiary/aromatic N) is 1. The van der Waals surface area contributed by atoms with Crippen molar-refractivity contribution in [3.05, 3.63) is 52.5 Å². The van der Waals surface area contributed by atoms with Gasteiger partial charge < -0.3 is 10.1 Å². The molecular formula is C17H15ClN2O3. The molecule has 0 radical (unpaired) electrons. The molecule has 23 heavy (non-hydrogen) atoms. The van der Waals surface area contributed by atoms with E-state index in [0.29, 0.717) is 27.7 Å². The number of carbonyl (C=O) groups excluding carboxylic acids is 2. The molecule has 1 heterocycles. The summed E-state index contributed by atoms with van der Waals surface area (Å²) in [4.78, 5) is 26.4. The van der Waals surface area contributed by atoms with Gasteiger partial charge in [-0.05, 0) is 36.8 Å². The van der Waals surface area contributed by atoms with E-state index in [-0.39, 0.29) is 18.4 Å². The predicted octanol–water partition coefficient (Wildman–Crippen LogP) is 3.26. The van der Waals surface area contributed by atoms with Crippen molar-refractivity contribution in [3.8, 4) is 5.75 Å². The van der Waals surface area contributed by atoms with Crippen molar-refractivity contribution in [1.29, 1.82) is 0 Å². The lowest BCUT2D eigenvalue weighted by Gasteiger charge is -2.30. The second kappa shape index (κ2) is 5.93. The Bertz CT molecular complexity index is 804. The number of nitrogens with one attached hydrogen (secondary N) is 1. The molecule has 2 amide bonds. The van der Waals surface area contributed by atoms with Crippen molar-refractivity contribution < 1.29 is 14.3 Å². The standard InChI is InChI=1S/C17H15ClN2O3/c1-10-4-3-5-13-16(10)19-15(21)9-20(13)17(22)12-8-11(18)6-7-14(12)23-2/h3-8H,9H2,1-2H3,(H,19,21). The Balaban J connectivity index is 2.09. The average Bonchev–Trinajstić information content (AvgIpc) is 2.54. The number of fused-ring (bicyclic) bond motifs is 1. The van der Waals surface area contributed by atoms with Gasteiger partial charge in [-0.2, -0.15) is 0 Å². The van der Waals surface area contributed by atoms with E-state index in [2.05, 4.69) is 5.32 Å². The van der Waals surface area contributed by atoms with Crippen molar-refractivity contribution >= 4 is 34.8 Å². The molecule has 1 aliphatic rings. The fourth-order valence-electron chi connectivity index (χ4n) is 2.62. The molecule has 2 aromatic rings. The summed E-state index contributed by atoms with van der Waals surface area (Å²) < 4.78 is 5.24. The molecule has 0 fully saturated rings. The zero-order chi connectivity index (χ0) is 16.6. The highest BCUT2D eigenvalue weighted by Crippen LogP contribution is 2.34. The molecule has 1 aliphatic heterocycles. The van der Waals surface area contributed by atoms with E-state index in [1.54, 1.807) is 24.3 Å². The monoisotopic (exact) mass is 330 g/mol. The molecule has 0 aliphatic carbocycles. The number of hydrogen-bond acceptors (Lipinski definition) is 3. The first-order valence-corrected chi connectivity index (χ1v) is 7.44. The van der Waals surface area contributed by atoms with Crippen LogP contribution in [0.25, 0.3) is 0 Å². The molecule has 1 N–H and O–H groups in total. The number of halogens is 1. The van der Waals surface area contributed by atoms with E-state index in [1.807, 2.05) is 19.1 Å². The summed E-state index contributed by atoms with van der Waals surface area (Å²) in [6, 6.07) is 10.4. The number of carbonyl (C=O) groups is 2. The Morgan fingerprint density at radius 2 is 2.09 bits per heavy atom. The van der Waals surface area contributed by atoms with Crippen molar-refractivity contribution in [1.82, 2.24) is 0 Å². The lowest BCUT2D eigenvalue weighted by molar-refractivity contribution is -0.115. The van der Waals surface area contributed by atoms with Crippen LogP contribution in [0.3, 0.4) is 0 Å². The lowest BCUT2D eigenvalue weighted by Crippen LogP contribution is -2.42. The molecule has 118 valence electrons. The van der Waals surface area contributed by atoms with Crippen LogP contribution in [-0.4, -0.2) is 25.5 Å². The highest BCUT2D eigenvalue weighted by atomic mass is 35.5. The smallest absolute Gasteiger partial charge is 0.262 e. The first-order chi connectivity index (χ1) is 11.0. The zero-order valence-electron chi connectivity index (χ0n) is 12.7. The van der Waals surface area contributed by atoms with Gasteiger partial charge in [-0.3, -0.25) is 14.5 Å². The van der Waals surface area contributed by atoms with Crippen LogP contribution in [0.2, 0.25) is 5.02 Å². The quantitative estimate of drug-likeness (QED) is 0.919. The number of anilines is 2. The van der Waals surface area contributed by atoms with E-state index in [1.165, 1.54) is 12.0 Å². The molecule has 0 spiro atoms. The average molecular weight is 331 g/mol. The molecule has 2 aromatic carbocycles. The van der Waals surface area contributed by atoms with E-state index in [9.17, 15) is 9.59 Å². The predicted molar refractivity (Wildman–Crippen MR) is 89.5 cm³/mol. The zero-order valence-corrected chi connectivity index (χ0v) is 13.5. The van der Waals surface area contributed by atoms with Crippen LogP contribution >= 0.6 is 11.6 Å². The van der Waals surface area contributed by atoms with Gasteiger partial charge in [0.05, 0.1) is 24.0 Å². The molecule has 0 bridgehead atoms. The van der Waals surface area contributed by atoms with Crippen LogP contribution in [-0.2, 0) is 4.79 Å². The molecule has 6 heteroatoms. The summed E-state index contributed by atoms with van der Waals surface area (Å²) in [5.41, 5.74) is 2.53. The number of rotatable bonds is 2. The van der Waals surface area contributed by atoms with Crippen LogP contribution in [0.1, 0.15) is 15.9 Å². The normalized spacial score (nSPS) is 13.3. The minimum atomic E-state index is -0.328. The summed E-state index contributed by atoms with van der Waals surface area (Å²) in [7, 11) is 1.49. The SMILES string of the molecule is COc1ccc(Cl)cc1C(=O)N1CC(=O)Nc2c(C)cccc21. The molecule has 5 nitrogen and oxygen atoms in total. The summed E-state index contributed by atoms with van der Waals surface area (Å²) >= 11 is 6.01. The van der Waals surface area contributed by atoms with Gasteiger partial charge >= 0.3 is 0 Å². The van der Waals surface area contributed by atoms with Gasteiger partial charge in [-0.15, -0.1) is 0 Å². The van der Waals surface area contributed by atoms with Gasteiger partial charge in [-0.1, -0.05) is 23.7 Å². The van der Waals surface area contributed by atoms with Crippen molar-refractivity contribution in [2.75, 3.05) is 23.9 Å². The third-order valence-electron chi connectivity index (χ3n) is 3.74. The molecule has 0 aromatic heterocycles. The summed E-state index contributed by atoms with van der Waals surface area (Å²) in [5.74, 6) is -0.147. The molecule has 0 saturated carbocycles. The van der Waals surface area contributed by atoms with Gasteiger partial charge in [0.25, 0.3) is 5.91 Å². The van der Waals surface area contributed by atoms with Gasteiger partial charge in [0.2, 0.25) is 5.91 Å². The van der Waals surface area contributed by atoms with Crippen LogP contribution < -0.4 is 15.0 Å². The van der Waals surface area contributed by atoms with Crippen molar-refractivity contribution in [2.45, 2.75) is 6.92 Å². The topological polar surface area (TPSA) is 58.6 Å². The first-order valence-electron chi connectivity index (χ1n) is 7.06. The fourth-order valence-corrected chi connectivity index (χ4v) is 2.79. The van der Waals surface area contributed by atoms with Crippen LogP contribution in [0.4, 0.5) is 11.4 Å². The molecule has 0 atom stereocenters. The number of benzene rings is 2. The molecule has 0 unspecified atom stereocenters. The van der Waals surface area contributed by atoms with E-state index < -0.39 is 0 Å². The second-order valence-corrected chi connectivity index (χ2v) is 5.69. The van der Waals surface area contributed by atoms with Crippen molar-refractivity contribution in [2.24, 2.45) is 0 Å². The number of ether oxygens (including phenoxy) is 1. The van der Waals surface area contributed by atoms with Gasteiger partial charge in [0.15, 0.2) is 0 Å². The Morgan fingerprint density at radius 1 is 1.30 bits per heavy atom. The maximum Gasteiger partial charge on any atom is 0.262 e. The Hall–Kier alpha value is -2.53. The lowest BCUT2D eigenvalue weighted by atomic mass is 10.1. The second-order valence-electron chi connectivity index (χ2n) is 5.25. The Labute approximate surface area is 138 Å². The number of para-hydroxylation sites is 1. The first kappa shape index (κ1) is 15.4. The van der Waals surface area contributed by atoms with Gasteiger partial charge in [0.1, 0.15) is 12.3 Å². The number of amides is 2. The molecular weight excluding hydrogens is 316 g/mol. The number of methoxy groups -OCH3 is 1. The Kier molecular flexibility index (Phi) is 3.96. The van der Waals surface area contributed by atoms with E-state index >= 15 is 0 Å². The third kappa shape index (κ3) is 2.75. The number of hydrogen-bond donors (Lipinski definition) is 1. The van der Waals surface area contributed by atoms with Gasteiger partial charge in [0, 0.05) is 5.02 Å². The number of aryl methyl sites for hydroxylation is 1. The minimum absolute atomic E-state index is 0.0506. The maximum absolute atomic E-state index is 13.0. The molecule has 3 rings (SSSR count). The highest BCUT2D eigenvalue weighted by Gasteiger charge is 2.30. The summed E-state index contributed by atoms with van der Waals surface area (Å²) in [6.45, 7) is 1.83. The van der Waals surface area contributed by atoms with Crippen molar-refractivity contribution in [3.63, 3.8) is 0 Å². The summed E-state index contributed by atoms with van der Waals surface area (Å²) in [6.07, 6.45) is 0. The fraction of sp³-hybridized carbons (Fsp3) is 0.176. The van der Waals surface area contributed by atoms with Crippen LogP contribution in [0.15, 0.2) is 36.4 Å². The highest BCUT2D eigenvalue weighted by molar-refractivity contribution is 6.31. The molecule has 0 saturated heterocycles. The summed E-state index contributed by atoms with van der Waals surface area (Å²) in [5, 5.41) is 3.24. The minimum Gasteiger partial charge on any atom is -0.496 e. The van der Waals surface area contributed by atoms with Crippen LogP contribution in [0, 0.1) is 6.92 Å². The van der Waals surface area contributed by atoms with E-state index in [4.69, 9.17) is 16.3 Å². The van der Waals surface area contributed by atoms with Gasteiger partial charge in [-0.25, -0.2) is 0 Å².